The van der Waals surface area contributed by atoms with Crippen LogP contribution in [0.3, 0.4) is 0 Å². The van der Waals surface area contributed by atoms with Gasteiger partial charge in [-0.25, -0.2) is 0 Å². The van der Waals surface area contributed by atoms with Gasteiger partial charge in [-0.2, -0.15) is 0 Å². The Labute approximate surface area is 151 Å². The predicted molar refractivity (Wildman–Crippen MR) is 96.0 cm³/mol. The largest absolute Gasteiger partial charge is 0.508 e. The molecule has 3 rings (SSSR count). The number of hydrogen-bond donors (Lipinski definition) is 1. The average molecular weight is 359 g/mol. The standard InChI is InChI=1S/C19H19ClN2O3/c20-16-7-5-14(6-8-16)18(24)21-9-2-10-22(12-11-21)19(25)15-3-1-4-17(23)13-15/h1,3-8,13,23H,2,9-12H2. The minimum Gasteiger partial charge on any atom is -0.508 e. The molecule has 0 aromatic heterocycles. The average Bonchev–Trinajstić information content (AvgIpc) is 2.87. The third-order valence-corrected chi connectivity index (χ3v) is 4.51. The van der Waals surface area contributed by atoms with E-state index in [1.54, 1.807) is 46.2 Å². The molecule has 1 heterocycles. The lowest BCUT2D eigenvalue weighted by Crippen LogP contribution is -2.37. The summed E-state index contributed by atoms with van der Waals surface area (Å²) in [6, 6.07) is 13.2. The second-order valence-electron chi connectivity index (χ2n) is 6.00. The van der Waals surface area contributed by atoms with Crippen molar-refractivity contribution in [2.24, 2.45) is 0 Å². The lowest BCUT2D eigenvalue weighted by molar-refractivity contribution is 0.0718. The van der Waals surface area contributed by atoms with Gasteiger partial charge in [-0.1, -0.05) is 17.7 Å². The van der Waals surface area contributed by atoms with E-state index in [0.717, 1.165) is 0 Å². The molecule has 2 aromatic carbocycles. The summed E-state index contributed by atoms with van der Waals surface area (Å²) < 4.78 is 0. The van der Waals surface area contributed by atoms with Crippen LogP contribution in [0.25, 0.3) is 0 Å². The number of phenols is 1. The maximum absolute atomic E-state index is 12.6. The molecule has 2 amide bonds. The van der Waals surface area contributed by atoms with E-state index in [2.05, 4.69) is 0 Å². The number of amides is 2. The summed E-state index contributed by atoms with van der Waals surface area (Å²) >= 11 is 5.86. The zero-order valence-corrected chi connectivity index (χ0v) is 14.4. The van der Waals surface area contributed by atoms with E-state index in [0.29, 0.717) is 48.7 Å². The summed E-state index contributed by atoms with van der Waals surface area (Å²) in [6.07, 6.45) is 0.712. The van der Waals surface area contributed by atoms with Gasteiger partial charge in [0.05, 0.1) is 0 Å². The Kier molecular flexibility index (Phi) is 5.24. The molecule has 1 N–H and O–H groups in total. The lowest BCUT2D eigenvalue weighted by atomic mass is 10.2. The van der Waals surface area contributed by atoms with Gasteiger partial charge in [0.25, 0.3) is 11.8 Å². The Balaban J connectivity index is 1.67. The monoisotopic (exact) mass is 358 g/mol. The molecular formula is C19H19ClN2O3. The molecule has 0 bridgehead atoms. The van der Waals surface area contributed by atoms with Crippen LogP contribution < -0.4 is 0 Å². The van der Waals surface area contributed by atoms with E-state index in [1.807, 2.05) is 0 Å². The van der Waals surface area contributed by atoms with Crippen LogP contribution in [0.2, 0.25) is 5.02 Å². The summed E-state index contributed by atoms with van der Waals surface area (Å²) in [5.74, 6) is -0.111. The summed E-state index contributed by atoms with van der Waals surface area (Å²) in [7, 11) is 0. The molecule has 0 atom stereocenters. The number of halogens is 1. The molecule has 25 heavy (non-hydrogen) atoms. The first kappa shape index (κ1) is 17.3. The third kappa shape index (κ3) is 4.12. The first-order chi connectivity index (χ1) is 12.0. The number of phenolic OH excluding ortho intramolecular Hbond substituents is 1. The SMILES string of the molecule is O=C(c1ccc(Cl)cc1)N1CCCN(C(=O)c2cccc(O)c2)CC1. The zero-order valence-electron chi connectivity index (χ0n) is 13.7. The molecule has 0 radical (unpaired) electrons. The molecule has 0 saturated carbocycles. The Hall–Kier alpha value is -2.53. The number of carbonyl (C=O) groups excluding carboxylic acids is 2. The molecule has 0 aliphatic carbocycles. The third-order valence-electron chi connectivity index (χ3n) is 4.25. The predicted octanol–water partition coefficient (Wildman–Crippen LogP) is 3.03. The van der Waals surface area contributed by atoms with Gasteiger partial charge in [0.2, 0.25) is 0 Å². The van der Waals surface area contributed by atoms with Gasteiger partial charge in [0.1, 0.15) is 5.75 Å². The topological polar surface area (TPSA) is 60.9 Å². The number of rotatable bonds is 2. The van der Waals surface area contributed by atoms with Crippen molar-refractivity contribution in [3.05, 3.63) is 64.7 Å². The molecule has 1 aliphatic heterocycles. The van der Waals surface area contributed by atoms with E-state index in [4.69, 9.17) is 11.6 Å². The van der Waals surface area contributed by atoms with Crippen molar-refractivity contribution in [3.8, 4) is 5.75 Å². The van der Waals surface area contributed by atoms with E-state index in [-0.39, 0.29) is 17.6 Å². The molecule has 0 unspecified atom stereocenters. The van der Waals surface area contributed by atoms with Crippen molar-refractivity contribution in [1.29, 1.82) is 0 Å². The number of nitrogens with zero attached hydrogens (tertiary/aromatic N) is 2. The van der Waals surface area contributed by atoms with Crippen LogP contribution in [0.4, 0.5) is 0 Å². The van der Waals surface area contributed by atoms with E-state index < -0.39 is 0 Å². The molecular weight excluding hydrogens is 340 g/mol. The molecule has 6 heteroatoms. The highest BCUT2D eigenvalue weighted by molar-refractivity contribution is 6.30. The highest BCUT2D eigenvalue weighted by Gasteiger charge is 2.23. The van der Waals surface area contributed by atoms with Crippen LogP contribution in [0.15, 0.2) is 48.5 Å². The second-order valence-corrected chi connectivity index (χ2v) is 6.43. The van der Waals surface area contributed by atoms with E-state index in [1.165, 1.54) is 12.1 Å². The fourth-order valence-corrected chi connectivity index (χ4v) is 3.05. The first-order valence-electron chi connectivity index (χ1n) is 8.18. The van der Waals surface area contributed by atoms with Crippen molar-refractivity contribution < 1.29 is 14.7 Å². The second kappa shape index (κ2) is 7.57. The zero-order chi connectivity index (χ0) is 17.8. The fourth-order valence-electron chi connectivity index (χ4n) is 2.92. The van der Waals surface area contributed by atoms with Crippen molar-refractivity contribution in [3.63, 3.8) is 0 Å². The highest BCUT2D eigenvalue weighted by Crippen LogP contribution is 2.16. The normalized spacial score (nSPS) is 14.9. The molecule has 1 fully saturated rings. The molecule has 130 valence electrons. The van der Waals surface area contributed by atoms with Crippen molar-refractivity contribution in [2.75, 3.05) is 26.2 Å². The van der Waals surface area contributed by atoms with Crippen LogP contribution >= 0.6 is 11.6 Å². The van der Waals surface area contributed by atoms with Crippen LogP contribution in [-0.2, 0) is 0 Å². The Morgan fingerprint density at radius 1 is 0.840 bits per heavy atom. The number of benzene rings is 2. The Bertz CT molecular complexity index is 776. The van der Waals surface area contributed by atoms with Crippen molar-refractivity contribution in [2.45, 2.75) is 6.42 Å². The minimum atomic E-state index is -0.128. The van der Waals surface area contributed by atoms with Gasteiger partial charge >= 0.3 is 0 Å². The van der Waals surface area contributed by atoms with Gasteiger partial charge < -0.3 is 14.9 Å². The van der Waals surface area contributed by atoms with Gasteiger partial charge in [0, 0.05) is 42.3 Å². The quantitative estimate of drug-likeness (QED) is 0.897. The lowest BCUT2D eigenvalue weighted by Gasteiger charge is -2.22. The van der Waals surface area contributed by atoms with E-state index >= 15 is 0 Å². The fraction of sp³-hybridized carbons (Fsp3) is 0.263. The van der Waals surface area contributed by atoms with Gasteiger partial charge in [-0.05, 0) is 48.9 Å². The van der Waals surface area contributed by atoms with Gasteiger partial charge in [-0.3, -0.25) is 9.59 Å². The van der Waals surface area contributed by atoms with Crippen molar-refractivity contribution in [1.82, 2.24) is 9.80 Å². The summed E-state index contributed by atoms with van der Waals surface area (Å²) in [6.45, 7) is 2.13. The van der Waals surface area contributed by atoms with Gasteiger partial charge in [-0.15, -0.1) is 0 Å². The maximum Gasteiger partial charge on any atom is 0.254 e. The number of aromatic hydroxyl groups is 1. The molecule has 5 nitrogen and oxygen atoms in total. The molecule has 1 aliphatic rings. The number of carbonyl (C=O) groups is 2. The van der Waals surface area contributed by atoms with Crippen LogP contribution in [0.1, 0.15) is 27.1 Å². The Morgan fingerprint density at radius 3 is 2.04 bits per heavy atom. The molecule has 2 aromatic rings. The number of hydrogen-bond acceptors (Lipinski definition) is 3. The van der Waals surface area contributed by atoms with Crippen LogP contribution in [0.5, 0.6) is 5.75 Å². The van der Waals surface area contributed by atoms with E-state index in [9.17, 15) is 14.7 Å². The maximum atomic E-state index is 12.6. The minimum absolute atomic E-state index is 0.0525. The summed E-state index contributed by atoms with van der Waals surface area (Å²) in [4.78, 5) is 28.7. The molecule has 0 spiro atoms. The highest BCUT2D eigenvalue weighted by atomic mass is 35.5. The molecule has 1 saturated heterocycles. The van der Waals surface area contributed by atoms with Crippen LogP contribution in [0, 0.1) is 0 Å². The summed E-state index contributed by atoms with van der Waals surface area (Å²) in [5.41, 5.74) is 1.05. The Morgan fingerprint density at radius 2 is 1.44 bits per heavy atom. The first-order valence-corrected chi connectivity index (χ1v) is 8.55. The smallest absolute Gasteiger partial charge is 0.254 e. The van der Waals surface area contributed by atoms with Crippen LogP contribution in [-0.4, -0.2) is 52.9 Å². The van der Waals surface area contributed by atoms with Gasteiger partial charge in [0.15, 0.2) is 0 Å². The summed E-state index contributed by atoms with van der Waals surface area (Å²) in [5, 5.41) is 10.1. The van der Waals surface area contributed by atoms with Crippen molar-refractivity contribution >= 4 is 23.4 Å².